The van der Waals surface area contributed by atoms with Crippen LogP contribution in [0.3, 0.4) is 0 Å². The SMILES string of the molecule is O=C(N1CCOC2(CCC2)C1)C1(C2CCC2)CCC1. The van der Waals surface area contributed by atoms with E-state index in [0.29, 0.717) is 11.8 Å². The Kier molecular flexibility index (Phi) is 2.70. The standard InChI is InChI=1S/C16H25NO2/c18-14(16(8-3-9-16)13-4-1-5-13)17-10-11-19-15(12-17)6-2-7-15/h13H,1-12H2. The maximum Gasteiger partial charge on any atom is 0.229 e. The van der Waals surface area contributed by atoms with Crippen molar-refractivity contribution in [2.45, 2.75) is 63.4 Å². The zero-order valence-electron chi connectivity index (χ0n) is 11.8. The second kappa shape index (κ2) is 4.21. The van der Waals surface area contributed by atoms with Gasteiger partial charge in [-0.2, -0.15) is 0 Å². The van der Waals surface area contributed by atoms with E-state index in [9.17, 15) is 4.79 Å². The van der Waals surface area contributed by atoms with Crippen LogP contribution in [0.5, 0.6) is 0 Å². The molecule has 0 atom stereocenters. The molecule has 0 radical (unpaired) electrons. The lowest BCUT2D eigenvalue weighted by Crippen LogP contribution is -2.62. The first-order chi connectivity index (χ1) is 9.24. The Balaban J connectivity index is 1.49. The van der Waals surface area contributed by atoms with Crippen LogP contribution in [0.1, 0.15) is 57.8 Å². The van der Waals surface area contributed by atoms with E-state index in [2.05, 4.69) is 4.90 Å². The summed E-state index contributed by atoms with van der Waals surface area (Å²) in [5, 5.41) is 0. The predicted molar refractivity (Wildman–Crippen MR) is 72.7 cm³/mol. The van der Waals surface area contributed by atoms with Crippen molar-refractivity contribution in [3.8, 4) is 0 Å². The maximum absolute atomic E-state index is 13.0. The maximum atomic E-state index is 13.0. The van der Waals surface area contributed by atoms with Crippen LogP contribution in [0.4, 0.5) is 0 Å². The predicted octanol–water partition coefficient (Wildman–Crippen LogP) is 2.74. The molecular weight excluding hydrogens is 238 g/mol. The van der Waals surface area contributed by atoms with Gasteiger partial charge < -0.3 is 9.64 Å². The highest BCUT2D eigenvalue weighted by atomic mass is 16.5. The summed E-state index contributed by atoms with van der Waals surface area (Å²) in [6.07, 6.45) is 11.1. The Morgan fingerprint density at radius 2 is 1.79 bits per heavy atom. The average molecular weight is 263 g/mol. The molecule has 19 heavy (non-hydrogen) atoms. The molecule has 3 heteroatoms. The van der Waals surface area contributed by atoms with Crippen molar-refractivity contribution in [2.75, 3.05) is 19.7 Å². The van der Waals surface area contributed by atoms with E-state index in [4.69, 9.17) is 4.74 Å². The molecule has 1 heterocycles. The second-order valence-electron chi connectivity index (χ2n) is 7.25. The van der Waals surface area contributed by atoms with Gasteiger partial charge in [0.25, 0.3) is 0 Å². The number of carbonyl (C=O) groups is 1. The third kappa shape index (κ3) is 1.70. The summed E-state index contributed by atoms with van der Waals surface area (Å²) in [5.41, 5.74) is 0.110. The number of hydrogen-bond acceptors (Lipinski definition) is 2. The van der Waals surface area contributed by atoms with Crippen molar-refractivity contribution in [2.24, 2.45) is 11.3 Å². The van der Waals surface area contributed by atoms with Crippen molar-refractivity contribution in [1.29, 1.82) is 0 Å². The Bertz CT molecular complexity index is 380. The van der Waals surface area contributed by atoms with Crippen LogP contribution in [-0.4, -0.2) is 36.1 Å². The minimum absolute atomic E-state index is 0.0540. The second-order valence-corrected chi connectivity index (χ2v) is 7.25. The minimum atomic E-state index is 0.0540. The third-order valence-electron chi connectivity index (χ3n) is 6.36. The summed E-state index contributed by atoms with van der Waals surface area (Å²) in [6.45, 7) is 2.46. The molecule has 1 amide bonds. The van der Waals surface area contributed by atoms with E-state index in [1.165, 1.54) is 32.1 Å². The molecule has 1 spiro atoms. The van der Waals surface area contributed by atoms with Crippen molar-refractivity contribution in [3.63, 3.8) is 0 Å². The van der Waals surface area contributed by atoms with Gasteiger partial charge in [-0.05, 0) is 50.9 Å². The van der Waals surface area contributed by atoms with Crippen LogP contribution in [0.25, 0.3) is 0 Å². The molecular formula is C16H25NO2. The van der Waals surface area contributed by atoms with Crippen molar-refractivity contribution in [3.05, 3.63) is 0 Å². The number of rotatable bonds is 2. The van der Waals surface area contributed by atoms with Crippen LogP contribution < -0.4 is 0 Å². The van der Waals surface area contributed by atoms with E-state index in [1.54, 1.807) is 0 Å². The molecule has 3 aliphatic carbocycles. The zero-order chi connectivity index (χ0) is 12.9. The number of nitrogens with zero attached hydrogens (tertiary/aromatic N) is 1. The summed E-state index contributed by atoms with van der Waals surface area (Å²) in [6, 6.07) is 0. The number of amides is 1. The topological polar surface area (TPSA) is 29.5 Å². The summed E-state index contributed by atoms with van der Waals surface area (Å²) >= 11 is 0. The molecule has 0 aromatic heterocycles. The van der Waals surface area contributed by atoms with E-state index in [0.717, 1.165) is 45.4 Å². The van der Waals surface area contributed by atoms with E-state index < -0.39 is 0 Å². The quantitative estimate of drug-likeness (QED) is 0.766. The molecule has 0 bridgehead atoms. The monoisotopic (exact) mass is 263 g/mol. The molecule has 1 aliphatic heterocycles. The number of carbonyl (C=O) groups excluding carboxylic acids is 1. The van der Waals surface area contributed by atoms with Gasteiger partial charge in [-0.15, -0.1) is 0 Å². The minimum Gasteiger partial charge on any atom is -0.371 e. The van der Waals surface area contributed by atoms with Crippen LogP contribution in [0, 0.1) is 11.3 Å². The van der Waals surface area contributed by atoms with E-state index in [1.807, 2.05) is 0 Å². The molecule has 0 aromatic carbocycles. The van der Waals surface area contributed by atoms with E-state index in [-0.39, 0.29) is 11.0 Å². The first-order valence-electron chi connectivity index (χ1n) is 8.18. The highest BCUT2D eigenvalue weighted by molar-refractivity contribution is 5.84. The van der Waals surface area contributed by atoms with Gasteiger partial charge in [0, 0.05) is 13.1 Å². The zero-order valence-corrected chi connectivity index (χ0v) is 11.8. The fourth-order valence-corrected chi connectivity index (χ4v) is 4.52. The Labute approximate surface area is 115 Å². The number of hydrogen-bond donors (Lipinski definition) is 0. The molecule has 4 fully saturated rings. The summed E-state index contributed by atoms with van der Waals surface area (Å²) in [5.74, 6) is 1.19. The van der Waals surface area contributed by atoms with Gasteiger partial charge in [-0.25, -0.2) is 0 Å². The third-order valence-corrected chi connectivity index (χ3v) is 6.36. The Morgan fingerprint density at radius 1 is 1.05 bits per heavy atom. The smallest absolute Gasteiger partial charge is 0.229 e. The van der Waals surface area contributed by atoms with Gasteiger partial charge in [0.15, 0.2) is 0 Å². The first kappa shape index (κ1) is 12.2. The van der Waals surface area contributed by atoms with Gasteiger partial charge >= 0.3 is 0 Å². The molecule has 3 saturated carbocycles. The van der Waals surface area contributed by atoms with Crippen molar-refractivity contribution < 1.29 is 9.53 Å². The molecule has 1 saturated heterocycles. The van der Waals surface area contributed by atoms with Crippen LogP contribution in [0.2, 0.25) is 0 Å². The lowest BCUT2D eigenvalue weighted by Gasteiger charge is -2.55. The van der Waals surface area contributed by atoms with Crippen molar-refractivity contribution >= 4 is 5.91 Å². The lowest BCUT2D eigenvalue weighted by molar-refractivity contribution is -0.183. The Hall–Kier alpha value is -0.570. The molecule has 0 aromatic rings. The normalized spacial score (nSPS) is 32.3. The summed E-state index contributed by atoms with van der Waals surface area (Å²) < 4.78 is 5.95. The first-order valence-corrected chi connectivity index (χ1v) is 8.18. The van der Waals surface area contributed by atoms with Crippen LogP contribution in [-0.2, 0) is 9.53 Å². The Morgan fingerprint density at radius 3 is 2.26 bits per heavy atom. The van der Waals surface area contributed by atoms with Crippen LogP contribution >= 0.6 is 0 Å². The highest BCUT2D eigenvalue weighted by Crippen LogP contribution is 2.55. The molecule has 4 aliphatic rings. The molecule has 0 unspecified atom stereocenters. The average Bonchev–Trinajstić information content (AvgIpc) is 2.28. The van der Waals surface area contributed by atoms with Gasteiger partial charge in [0.1, 0.15) is 0 Å². The highest BCUT2D eigenvalue weighted by Gasteiger charge is 2.55. The summed E-state index contributed by atoms with van der Waals surface area (Å²) in [4.78, 5) is 15.2. The molecule has 3 nitrogen and oxygen atoms in total. The van der Waals surface area contributed by atoms with E-state index >= 15 is 0 Å². The van der Waals surface area contributed by atoms with Gasteiger partial charge in [0.2, 0.25) is 5.91 Å². The fourth-order valence-electron chi connectivity index (χ4n) is 4.52. The number of morpholine rings is 1. The molecule has 4 rings (SSSR count). The van der Waals surface area contributed by atoms with Crippen LogP contribution in [0.15, 0.2) is 0 Å². The molecule has 106 valence electrons. The van der Waals surface area contributed by atoms with Gasteiger partial charge in [0.05, 0.1) is 17.6 Å². The molecule has 0 N–H and O–H groups in total. The fraction of sp³-hybridized carbons (Fsp3) is 0.938. The lowest BCUT2D eigenvalue weighted by atomic mass is 9.54. The number of ether oxygens (including phenoxy) is 1. The summed E-state index contributed by atoms with van der Waals surface area (Å²) in [7, 11) is 0. The van der Waals surface area contributed by atoms with Crippen molar-refractivity contribution in [1.82, 2.24) is 4.90 Å². The van der Waals surface area contributed by atoms with Gasteiger partial charge in [-0.1, -0.05) is 12.8 Å². The largest absolute Gasteiger partial charge is 0.371 e. The van der Waals surface area contributed by atoms with Gasteiger partial charge in [-0.3, -0.25) is 4.79 Å².